The molecular weight excluding hydrogens is 275 g/mol. The van der Waals surface area contributed by atoms with Gasteiger partial charge in [-0.3, -0.25) is 0 Å². The summed E-state index contributed by atoms with van der Waals surface area (Å²) in [7, 11) is 0. The fraction of sp³-hybridized carbons (Fsp3) is 0.545. The van der Waals surface area contributed by atoms with Crippen LogP contribution in [0.15, 0.2) is 16.6 Å². The van der Waals surface area contributed by atoms with Gasteiger partial charge in [-0.15, -0.1) is 11.6 Å². The van der Waals surface area contributed by atoms with Gasteiger partial charge in [0.05, 0.1) is 11.1 Å². The maximum absolute atomic E-state index is 6.09. The molecule has 2 nitrogen and oxygen atoms in total. The number of aromatic nitrogens is 1. The third-order valence-corrected chi connectivity index (χ3v) is 3.85. The molecule has 84 valence electrons. The summed E-state index contributed by atoms with van der Waals surface area (Å²) in [4.78, 5) is 4.42. The molecule has 0 aliphatic rings. The van der Waals surface area contributed by atoms with Crippen LogP contribution in [0.4, 0.5) is 5.82 Å². The number of hydrogen-bond acceptors (Lipinski definition) is 2. The molecule has 0 aliphatic carbocycles. The normalized spacial score (nSPS) is 13.7. The Balaban J connectivity index is 2.86. The molecule has 0 fully saturated rings. The number of nitrogens with zero attached hydrogens (tertiary/aromatic N) is 1. The number of nitrogens with one attached hydrogen (secondary N) is 1. The van der Waals surface area contributed by atoms with Gasteiger partial charge in [-0.2, -0.15) is 0 Å². The number of halogens is 2. The summed E-state index contributed by atoms with van der Waals surface area (Å²) in [6.07, 6.45) is 0. The van der Waals surface area contributed by atoms with Gasteiger partial charge in [-0.1, -0.05) is 0 Å². The highest BCUT2D eigenvalue weighted by molar-refractivity contribution is 9.10. The highest BCUT2D eigenvalue weighted by Gasteiger charge is 2.24. The predicted octanol–water partition coefficient (Wildman–Crippen LogP) is 3.97. The predicted molar refractivity (Wildman–Crippen MR) is 69.7 cm³/mol. The Kier molecular flexibility index (Phi) is 4.01. The van der Waals surface area contributed by atoms with E-state index in [9.17, 15) is 0 Å². The minimum atomic E-state index is -0.172. The maximum Gasteiger partial charge on any atom is 0.126 e. The fourth-order valence-electron chi connectivity index (χ4n) is 1.04. The van der Waals surface area contributed by atoms with Crippen LogP contribution >= 0.6 is 27.5 Å². The lowest BCUT2D eigenvalue weighted by atomic mass is 10.0. The maximum atomic E-state index is 6.09. The molecule has 0 aromatic carbocycles. The molecular formula is C11H16BrClN2. The molecule has 0 radical (unpaired) electrons. The van der Waals surface area contributed by atoms with E-state index in [1.807, 2.05) is 26.0 Å². The average Bonchev–Trinajstić information content (AvgIpc) is 2.10. The van der Waals surface area contributed by atoms with E-state index in [4.69, 9.17) is 11.6 Å². The van der Waals surface area contributed by atoms with Gasteiger partial charge in [0.2, 0.25) is 0 Å². The van der Waals surface area contributed by atoms with Gasteiger partial charge in [-0.25, -0.2) is 4.98 Å². The quantitative estimate of drug-likeness (QED) is 0.852. The summed E-state index contributed by atoms with van der Waals surface area (Å²) >= 11 is 9.51. The molecule has 4 heteroatoms. The molecule has 0 saturated carbocycles. The van der Waals surface area contributed by atoms with Crippen molar-refractivity contribution in [2.75, 3.05) is 5.32 Å². The first-order valence-corrected chi connectivity index (χ1v) is 6.11. The Hall–Kier alpha value is -0.280. The van der Waals surface area contributed by atoms with Gasteiger partial charge in [-0.05, 0) is 55.8 Å². The second-order valence-corrected chi connectivity index (χ2v) is 5.74. The standard InChI is InChI=1S/C11H16BrClN2/c1-7-9(12)5-6-10(14-7)15-11(3,4)8(2)13/h5-6,8H,1-4H3,(H,14,15). The number of rotatable bonds is 3. The van der Waals surface area contributed by atoms with Crippen LogP contribution in [0, 0.1) is 6.92 Å². The van der Waals surface area contributed by atoms with Crippen molar-refractivity contribution < 1.29 is 0 Å². The first-order valence-electron chi connectivity index (χ1n) is 4.88. The lowest BCUT2D eigenvalue weighted by Crippen LogP contribution is -2.39. The minimum Gasteiger partial charge on any atom is -0.364 e. The lowest BCUT2D eigenvalue weighted by Gasteiger charge is -2.29. The summed E-state index contributed by atoms with van der Waals surface area (Å²) in [5.41, 5.74) is 0.799. The van der Waals surface area contributed by atoms with E-state index in [1.54, 1.807) is 0 Å². The zero-order chi connectivity index (χ0) is 11.6. The molecule has 0 saturated heterocycles. The Morgan fingerprint density at radius 2 is 2.07 bits per heavy atom. The zero-order valence-electron chi connectivity index (χ0n) is 9.44. The van der Waals surface area contributed by atoms with E-state index in [-0.39, 0.29) is 10.9 Å². The Morgan fingerprint density at radius 3 is 2.53 bits per heavy atom. The molecule has 0 spiro atoms. The van der Waals surface area contributed by atoms with E-state index in [1.165, 1.54) is 0 Å². The van der Waals surface area contributed by atoms with Crippen molar-refractivity contribution in [2.24, 2.45) is 0 Å². The lowest BCUT2D eigenvalue weighted by molar-refractivity contribution is 0.552. The molecule has 1 unspecified atom stereocenters. The second kappa shape index (κ2) is 4.71. The number of pyridine rings is 1. The van der Waals surface area contributed by atoms with Crippen LogP contribution in [0.5, 0.6) is 0 Å². The second-order valence-electron chi connectivity index (χ2n) is 4.23. The monoisotopic (exact) mass is 290 g/mol. The van der Waals surface area contributed by atoms with Crippen molar-refractivity contribution in [3.63, 3.8) is 0 Å². The molecule has 1 rings (SSSR count). The first-order chi connectivity index (χ1) is 6.83. The van der Waals surface area contributed by atoms with Crippen molar-refractivity contribution in [1.82, 2.24) is 4.98 Å². The average molecular weight is 292 g/mol. The van der Waals surface area contributed by atoms with E-state index >= 15 is 0 Å². The molecule has 1 aromatic rings. The minimum absolute atomic E-state index is 0.0308. The highest BCUT2D eigenvalue weighted by Crippen LogP contribution is 2.22. The zero-order valence-corrected chi connectivity index (χ0v) is 11.8. The van der Waals surface area contributed by atoms with Gasteiger partial charge in [0.15, 0.2) is 0 Å². The number of anilines is 1. The van der Waals surface area contributed by atoms with Gasteiger partial charge in [0, 0.05) is 10.0 Å². The molecule has 1 atom stereocenters. The smallest absolute Gasteiger partial charge is 0.126 e. The van der Waals surface area contributed by atoms with Crippen molar-refractivity contribution in [3.05, 3.63) is 22.3 Å². The number of alkyl halides is 1. The summed E-state index contributed by atoms with van der Waals surface area (Å²) < 4.78 is 1.02. The summed E-state index contributed by atoms with van der Waals surface area (Å²) in [5, 5.41) is 3.35. The van der Waals surface area contributed by atoms with Crippen LogP contribution in [-0.2, 0) is 0 Å². The SMILES string of the molecule is Cc1nc(NC(C)(C)C(C)Cl)ccc1Br. The van der Waals surface area contributed by atoms with Gasteiger partial charge < -0.3 is 5.32 Å². The van der Waals surface area contributed by atoms with Gasteiger partial charge in [0.25, 0.3) is 0 Å². The molecule has 15 heavy (non-hydrogen) atoms. The summed E-state index contributed by atoms with van der Waals surface area (Å²) in [5.74, 6) is 0.855. The van der Waals surface area contributed by atoms with Crippen LogP contribution in [0.1, 0.15) is 26.5 Å². The van der Waals surface area contributed by atoms with E-state index in [0.29, 0.717) is 0 Å². The van der Waals surface area contributed by atoms with Gasteiger partial charge >= 0.3 is 0 Å². The molecule has 0 aliphatic heterocycles. The van der Waals surface area contributed by atoms with Crippen LogP contribution in [0.25, 0.3) is 0 Å². The Morgan fingerprint density at radius 1 is 1.47 bits per heavy atom. The van der Waals surface area contributed by atoms with E-state index in [0.717, 1.165) is 16.0 Å². The van der Waals surface area contributed by atoms with Crippen LogP contribution in [-0.4, -0.2) is 15.9 Å². The third kappa shape index (κ3) is 3.35. The van der Waals surface area contributed by atoms with E-state index < -0.39 is 0 Å². The number of aryl methyl sites for hydroxylation is 1. The topological polar surface area (TPSA) is 24.9 Å². The molecule has 0 bridgehead atoms. The fourth-order valence-corrected chi connectivity index (χ4v) is 1.32. The molecule has 1 aromatic heterocycles. The van der Waals surface area contributed by atoms with Crippen LogP contribution in [0.2, 0.25) is 0 Å². The van der Waals surface area contributed by atoms with E-state index in [2.05, 4.69) is 40.1 Å². The first kappa shape index (κ1) is 12.8. The van der Waals surface area contributed by atoms with Crippen molar-refractivity contribution in [2.45, 2.75) is 38.6 Å². The highest BCUT2D eigenvalue weighted by atomic mass is 79.9. The van der Waals surface area contributed by atoms with Crippen LogP contribution in [0.3, 0.4) is 0 Å². The van der Waals surface area contributed by atoms with Crippen molar-refractivity contribution >= 4 is 33.3 Å². The summed E-state index contributed by atoms with van der Waals surface area (Å²) in [6, 6.07) is 3.93. The summed E-state index contributed by atoms with van der Waals surface area (Å²) in [6.45, 7) is 8.06. The van der Waals surface area contributed by atoms with Crippen molar-refractivity contribution in [3.8, 4) is 0 Å². The Labute approximate surface area is 105 Å². The molecule has 1 N–H and O–H groups in total. The number of hydrogen-bond donors (Lipinski definition) is 1. The molecule has 0 amide bonds. The third-order valence-electron chi connectivity index (χ3n) is 2.47. The largest absolute Gasteiger partial charge is 0.364 e. The van der Waals surface area contributed by atoms with Crippen molar-refractivity contribution in [1.29, 1.82) is 0 Å². The Bertz CT molecular complexity index is 350. The van der Waals surface area contributed by atoms with Crippen LogP contribution < -0.4 is 5.32 Å². The van der Waals surface area contributed by atoms with Gasteiger partial charge in [0.1, 0.15) is 5.82 Å². The molecule has 1 heterocycles.